The Bertz CT molecular complexity index is 708. The van der Waals surface area contributed by atoms with Gasteiger partial charge >= 0.3 is 0 Å². The highest BCUT2D eigenvalue weighted by Crippen LogP contribution is 2.11. The molecular formula is C16H20N4O2. The second kappa shape index (κ2) is 6.98. The summed E-state index contributed by atoms with van der Waals surface area (Å²) in [6.07, 6.45) is 1.67. The SMILES string of the molecule is Cc1nc(-c2ccccn2)[nH]c(=O)c1CC(=O)NCC(C)C. The van der Waals surface area contributed by atoms with Crippen LogP contribution in [0.3, 0.4) is 0 Å². The van der Waals surface area contributed by atoms with Gasteiger partial charge in [0, 0.05) is 24.0 Å². The predicted molar refractivity (Wildman–Crippen MR) is 84.4 cm³/mol. The van der Waals surface area contributed by atoms with Gasteiger partial charge in [0.15, 0.2) is 5.82 Å². The first-order valence-electron chi connectivity index (χ1n) is 7.25. The summed E-state index contributed by atoms with van der Waals surface area (Å²) in [4.78, 5) is 35.3. The van der Waals surface area contributed by atoms with Gasteiger partial charge in [-0.05, 0) is 25.0 Å². The van der Waals surface area contributed by atoms with Crippen LogP contribution in [0.2, 0.25) is 0 Å². The number of nitrogens with one attached hydrogen (secondary N) is 2. The molecular weight excluding hydrogens is 280 g/mol. The Kier molecular flexibility index (Phi) is 5.04. The molecule has 2 rings (SSSR count). The molecule has 0 radical (unpaired) electrons. The minimum atomic E-state index is -0.298. The lowest BCUT2D eigenvalue weighted by molar-refractivity contribution is -0.120. The van der Waals surface area contributed by atoms with Crippen molar-refractivity contribution in [2.24, 2.45) is 5.92 Å². The van der Waals surface area contributed by atoms with E-state index in [0.29, 0.717) is 35.2 Å². The number of rotatable bonds is 5. The zero-order chi connectivity index (χ0) is 16.1. The van der Waals surface area contributed by atoms with Crippen molar-refractivity contribution in [3.8, 4) is 11.5 Å². The number of amides is 1. The molecule has 1 amide bonds. The van der Waals surface area contributed by atoms with Gasteiger partial charge in [0.2, 0.25) is 5.91 Å². The van der Waals surface area contributed by atoms with Crippen LogP contribution in [0.25, 0.3) is 11.5 Å². The van der Waals surface area contributed by atoms with Gasteiger partial charge in [-0.3, -0.25) is 14.6 Å². The van der Waals surface area contributed by atoms with Crippen LogP contribution in [0.4, 0.5) is 0 Å². The van der Waals surface area contributed by atoms with Crippen molar-refractivity contribution in [2.75, 3.05) is 6.54 Å². The molecule has 2 aromatic heterocycles. The van der Waals surface area contributed by atoms with E-state index in [1.807, 2.05) is 19.9 Å². The fourth-order valence-corrected chi connectivity index (χ4v) is 1.98. The summed E-state index contributed by atoms with van der Waals surface area (Å²) < 4.78 is 0. The molecule has 0 bridgehead atoms. The summed E-state index contributed by atoms with van der Waals surface area (Å²) in [6, 6.07) is 5.39. The Hall–Kier alpha value is -2.50. The topological polar surface area (TPSA) is 87.7 Å². The van der Waals surface area contributed by atoms with E-state index < -0.39 is 0 Å². The van der Waals surface area contributed by atoms with E-state index in [1.54, 1.807) is 25.3 Å². The van der Waals surface area contributed by atoms with Crippen LogP contribution >= 0.6 is 0 Å². The Morgan fingerprint density at radius 2 is 2.14 bits per heavy atom. The number of aromatic nitrogens is 3. The number of H-pyrrole nitrogens is 1. The highest BCUT2D eigenvalue weighted by atomic mass is 16.2. The summed E-state index contributed by atoms with van der Waals surface area (Å²) in [5.41, 5.74) is 1.23. The molecule has 0 saturated heterocycles. The third-order valence-electron chi connectivity index (χ3n) is 3.17. The number of aryl methyl sites for hydroxylation is 1. The standard InChI is InChI=1S/C16H20N4O2/c1-10(2)9-18-14(21)8-12-11(3)19-15(20-16(12)22)13-6-4-5-7-17-13/h4-7,10H,8-9H2,1-3H3,(H,18,21)(H,19,20,22). The van der Waals surface area contributed by atoms with Crippen molar-refractivity contribution in [3.63, 3.8) is 0 Å². The highest BCUT2D eigenvalue weighted by molar-refractivity contribution is 5.78. The minimum Gasteiger partial charge on any atom is -0.356 e. The van der Waals surface area contributed by atoms with Crippen molar-refractivity contribution >= 4 is 5.91 Å². The Morgan fingerprint density at radius 1 is 1.36 bits per heavy atom. The lowest BCUT2D eigenvalue weighted by Gasteiger charge is -2.09. The van der Waals surface area contributed by atoms with Crippen LogP contribution in [-0.4, -0.2) is 27.4 Å². The van der Waals surface area contributed by atoms with Gasteiger partial charge in [0.1, 0.15) is 5.69 Å². The summed E-state index contributed by atoms with van der Waals surface area (Å²) in [5, 5.41) is 2.80. The molecule has 0 atom stereocenters. The Labute approximate surface area is 129 Å². The summed E-state index contributed by atoms with van der Waals surface area (Å²) in [5.74, 6) is 0.608. The molecule has 0 aromatic carbocycles. The quantitative estimate of drug-likeness (QED) is 0.875. The molecule has 0 aliphatic rings. The van der Waals surface area contributed by atoms with E-state index in [-0.39, 0.29) is 17.9 Å². The smallest absolute Gasteiger partial charge is 0.255 e. The first-order valence-corrected chi connectivity index (χ1v) is 7.25. The second-order valence-electron chi connectivity index (χ2n) is 5.57. The maximum atomic E-state index is 12.2. The number of carbonyl (C=O) groups is 1. The molecule has 22 heavy (non-hydrogen) atoms. The average molecular weight is 300 g/mol. The second-order valence-corrected chi connectivity index (χ2v) is 5.57. The minimum absolute atomic E-state index is 0.0311. The van der Waals surface area contributed by atoms with Crippen LogP contribution < -0.4 is 10.9 Å². The fraction of sp³-hybridized carbons (Fsp3) is 0.375. The molecule has 2 N–H and O–H groups in total. The normalized spacial score (nSPS) is 10.7. The van der Waals surface area contributed by atoms with Gasteiger partial charge < -0.3 is 10.3 Å². The van der Waals surface area contributed by atoms with Crippen LogP contribution in [0.15, 0.2) is 29.2 Å². The monoisotopic (exact) mass is 300 g/mol. The zero-order valence-corrected chi connectivity index (χ0v) is 13.0. The number of hydrogen-bond donors (Lipinski definition) is 2. The van der Waals surface area contributed by atoms with E-state index in [1.165, 1.54) is 0 Å². The molecule has 6 nitrogen and oxygen atoms in total. The van der Waals surface area contributed by atoms with Crippen molar-refractivity contribution in [1.82, 2.24) is 20.3 Å². The van der Waals surface area contributed by atoms with Crippen LogP contribution in [0.5, 0.6) is 0 Å². The number of nitrogens with zero attached hydrogens (tertiary/aromatic N) is 2. The lowest BCUT2D eigenvalue weighted by atomic mass is 10.1. The van der Waals surface area contributed by atoms with Crippen molar-refractivity contribution in [1.29, 1.82) is 0 Å². The van der Waals surface area contributed by atoms with E-state index in [2.05, 4.69) is 20.3 Å². The fourth-order valence-electron chi connectivity index (χ4n) is 1.98. The van der Waals surface area contributed by atoms with Crippen molar-refractivity contribution in [2.45, 2.75) is 27.2 Å². The Balaban J connectivity index is 2.21. The van der Waals surface area contributed by atoms with Gasteiger partial charge in [0.05, 0.1) is 6.42 Å². The van der Waals surface area contributed by atoms with E-state index in [0.717, 1.165) is 0 Å². The Morgan fingerprint density at radius 3 is 2.73 bits per heavy atom. The molecule has 6 heteroatoms. The zero-order valence-electron chi connectivity index (χ0n) is 13.0. The van der Waals surface area contributed by atoms with Crippen LogP contribution in [0.1, 0.15) is 25.1 Å². The maximum absolute atomic E-state index is 12.2. The summed E-state index contributed by atoms with van der Waals surface area (Å²) >= 11 is 0. The summed E-state index contributed by atoms with van der Waals surface area (Å²) in [7, 11) is 0. The molecule has 0 fully saturated rings. The number of hydrogen-bond acceptors (Lipinski definition) is 4. The van der Waals surface area contributed by atoms with E-state index in [4.69, 9.17) is 0 Å². The van der Waals surface area contributed by atoms with Gasteiger partial charge in [-0.1, -0.05) is 19.9 Å². The largest absolute Gasteiger partial charge is 0.356 e. The van der Waals surface area contributed by atoms with Gasteiger partial charge in [-0.25, -0.2) is 4.98 Å². The lowest BCUT2D eigenvalue weighted by Crippen LogP contribution is -2.31. The van der Waals surface area contributed by atoms with Crippen LogP contribution in [-0.2, 0) is 11.2 Å². The molecule has 2 aromatic rings. The first kappa shape index (κ1) is 15.9. The maximum Gasteiger partial charge on any atom is 0.255 e. The van der Waals surface area contributed by atoms with E-state index >= 15 is 0 Å². The highest BCUT2D eigenvalue weighted by Gasteiger charge is 2.13. The van der Waals surface area contributed by atoms with Gasteiger partial charge in [-0.15, -0.1) is 0 Å². The predicted octanol–water partition coefficient (Wildman–Crippen LogP) is 1.46. The number of aromatic amines is 1. The van der Waals surface area contributed by atoms with Crippen molar-refractivity contribution in [3.05, 3.63) is 46.0 Å². The summed E-state index contributed by atoms with van der Waals surface area (Å²) in [6.45, 7) is 6.35. The molecule has 0 unspecified atom stereocenters. The number of pyridine rings is 1. The molecule has 116 valence electrons. The first-order chi connectivity index (χ1) is 10.5. The van der Waals surface area contributed by atoms with Crippen molar-refractivity contribution < 1.29 is 4.79 Å². The van der Waals surface area contributed by atoms with Gasteiger partial charge in [0.25, 0.3) is 5.56 Å². The average Bonchev–Trinajstić information content (AvgIpc) is 2.49. The molecule has 0 aliphatic carbocycles. The number of carbonyl (C=O) groups excluding carboxylic acids is 1. The molecule has 2 heterocycles. The van der Waals surface area contributed by atoms with E-state index in [9.17, 15) is 9.59 Å². The van der Waals surface area contributed by atoms with Crippen LogP contribution in [0, 0.1) is 12.8 Å². The third kappa shape index (κ3) is 4.00. The molecule has 0 aliphatic heterocycles. The molecule has 0 spiro atoms. The molecule has 0 saturated carbocycles. The third-order valence-corrected chi connectivity index (χ3v) is 3.17. The van der Waals surface area contributed by atoms with Gasteiger partial charge in [-0.2, -0.15) is 0 Å².